The van der Waals surface area contributed by atoms with E-state index in [0.717, 1.165) is 49.7 Å². The Balaban J connectivity index is 1.59. The van der Waals surface area contributed by atoms with Gasteiger partial charge < -0.3 is 9.47 Å². The van der Waals surface area contributed by atoms with Crippen LogP contribution < -0.4 is 0 Å². The molecule has 4 rings (SSSR count). The van der Waals surface area contributed by atoms with E-state index in [9.17, 15) is 9.59 Å². The molecule has 4 atom stereocenters. The lowest BCUT2D eigenvalue weighted by molar-refractivity contribution is -0.177. The summed E-state index contributed by atoms with van der Waals surface area (Å²) in [5.41, 5.74) is 1.06. The normalized spacial score (nSPS) is 32.8. The summed E-state index contributed by atoms with van der Waals surface area (Å²) in [5.74, 6) is -0.261. The number of fused-ring (bicyclic) bond motifs is 2. The lowest BCUT2D eigenvalue weighted by atomic mass is 9.73. The van der Waals surface area contributed by atoms with Gasteiger partial charge in [-0.2, -0.15) is 0 Å². The van der Waals surface area contributed by atoms with Crippen molar-refractivity contribution in [1.82, 2.24) is 0 Å². The number of esters is 2. The van der Waals surface area contributed by atoms with Crippen molar-refractivity contribution in [2.75, 3.05) is 7.11 Å². The Hall–Kier alpha value is -2.10. The summed E-state index contributed by atoms with van der Waals surface area (Å²) in [6.07, 6.45) is 8.23. The lowest BCUT2D eigenvalue weighted by Crippen LogP contribution is -2.47. The Morgan fingerprint density at radius 3 is 2.54 bits per heavy atom. The molecule has 0 N–H and O–H groups in total. The number of hydrogen-bond acceptors (Lipinski definition) is 4. The Kier molecular flexibility index (Phi) is 4.60. The third kappa shape index (κ3) is 2.76. The first kappa shape index (κ1) is 17.3. The highest BCUT2D eigenvalue weighted by atomic mass is 16.6. The van der Waals surface area contributed by atoms with E-state index in [1.54, 1.807) is 0 Å². The van der Waals surface area contributed by atoms with Gasteiger partial charge in [-0.1, -0.05) is 42.8 Å². The van der Waals surface area contributed by atoms with Crippen molar-refractivity contribution >= 4 is 17.5 Å². The summed E-state index contributed by atoms with van der Waals surface area (Å²) < 4.78 is 11.1. The zero-order chi connectivity index (χ0) is 18.1. The molecule has 1 aromatic rings. The molecule has 3 aliphatic rings. The number of rotatable bonds is 4. The van der Waals surface area contributed by atoms with Gasteiger partial charge >= 0.3 is 11.9 Å². The van der Waals surface area contributed by atoms with Crippen LogP contribution in [0.4, 0.5) is 0 Å². The zero-order valence-corrected chi connectivity index (χ0v) is 15.3. The predicted octanol–water partition coefficient (Wildman–Crippen LogP) is 4.15. The molecule has 138 valence electrons. The van der Waals surface area contributed by atoms with Crippen molar-refractivity contribution in [2.45, 2.75) is 51.0 Å². The molecule has 0 saturated heterocycles. The number of hydrogen-bond donors (Lipinski definition) is 0. The molecule has 0 heterocycles. The fraction of sp³-hybridized carbons (Fsp3) is 0.545. The Morgan fingerprint density at radius 1 is 1.08 bits per heavy atom. The van der Waals surface area contributed by atoms with E-state index in [4.69, 9.17) is 9.47 Å². The molecule has 4 heteroatoms. The van der Waals surface area contributed by atoms with E-state index in [2.05, 4.69) is 6.08 Å². The van der Waals surface area contributed by atoms with Gasteiger partial charge in [-0.3, -0.25) is 9.59 Å². The molecular formula is C22H26O4. The minimum absolute atomic E-state index is 0.0696. The smallest absolute Gasteiger partial charge is 0.324 e. The number of carbonyl (C=O) groups excluding carboxylic acids is 2. The summed E-state index contributed by atoms with van der Waals surface area (Å²) >= 11 is 0. The second kappa shape index (κ2) is 6.90. The SMILES string of the molecule is COC(=O)[C@@]1(C(=O)O[C@@H]2CCCC=C2c2ccccc2)C[C@H]2CC[C@@H]1C2. The fourth-order valence-corrected chi connectivity index (χ4v) is 5.23. The van der Waals surface area contributed by atoms with Crippen LogP contribution in [0.2, 0.25) is 0 Å². The van der Waals surface area contributed by atoms with Gasteiger partial charge in [-0.05, 0) is 61.5 Å². The van der Waals surface area contributed by atoms with Gasteiger partial charge in [0.1, 0.15) is 6.10 Å². The molecule has 0 aromatic heterocycles. The van der Waals surface area contributed by atoms with Crippen LogP contribution in [0.15, 0.2) is 36.4 Å². The third-order valence-electron chi connectivity index (χ3n) is 6.50. The van der Waals surface area contributed by atoms with Crippen LogP contribution >= 0.6 is 0 Å². The van der Waals surface area contributed by atoms with Crippen LogP contribution in [0.25, 0.3) is 5.57 Å². The first-order valence-corrected chi connectivity index (χ1v) is 9.70. The monoisotopic (exact) mass is 354 g/mol. The summed E-state index contributed by atoms with van der Waals surface area (Å²) in [6, 6.07) is 10.1. The van der Waals surface area contributed by atoms with Crippen LogP contribution in [0.3, 0.4) is 0 Å². The molecule has 3 aliphatic carbocycles. The summed E-state index contributed by atoms with van der Waals surface area (Å²) in [6.45, 7) is 0. The van der Waals surface area contributed by atoms with E-state index in [1.807, 2.05) is 30.3 Å². The van der Waals surface area contributed by atoms with E-state index in [-0.39, 0.29) is 18.0 Å². The summed E-state index contributed by atoms with van der Waals surface area (Å²) in [7, 11) is 1.37. The van der Waals surface area contributed by atoms with Gasteiger partial charge in [0.25, 0.3) is 0 Å². The van der Waals surface area contributed by atoms with Gasteiger partial charge in [0, 0.05) is 0 Å². The maximum atomic E-state index is 13.3. The quantitative estimate of drug-likeness (QED) is 0.602. The summed E-state index contributed by atoms with van der Waals surface area (Å²) in [4.78, 5) is 25.9. The van der Waals surface area contributed by atoms with Crippen molar-refractivity contribution in [3.05, 3.63) is 42.0 Å². The molecule has 4 nitrogen and oxygen atoms in total. The average molecular weight is 354 g/mol. The van der Waals surface area contributed by atoms with Crippen molar-refractivity contribution in [2.24, 2.45) is 17.3 Å². The molecule has 2 bridgehead atoms. The maximum absolute atomic E-state index is 13.3. The van der Waals surface area contributed by atoms with E-state index < -0.39 is 11.4 Å². The molecule has 1 aromatic carbocycles. The van der Waals surface area contributed by atoms with Crippen molar-refractivity contribution in [3.63, 3.8) is 0 Å². The van der Waals surface area contributed by atoms with Gasteiger partial charge in [0.15, 0.2) is 5.41 Å². The molecule has 2 fully saturated rings. The minimum atomic E-state index is -1.09. The summed E-state index contributed by atoms with van der Waals surface area (Å²) in [5, 5.41) is 0. The number of ether oxygens (including phenoxy) is 2. The first-order valence-electron chi connectivity index (χ1n) is 9.70. The maximum Gasteiger partial charge on any atom is 0.324 e. The van der Waals surface area contributed by atoms with Gasteiger partial charge in [-0.25, -0.2) is 0 Å². The van der Waals surface area contributed by atoms with Crippen LogP contribution in [0.5, 0.6) is 0 Å². The Bertz CT molecular complexity index is 723. The molecule has 0 spiro atoms. The van der Waals surface area contributed by atoms with E-state index >= 15 is 0 Å². The van der Waals surface area contributed by atoms with E-state index in [0.29, 0.717) is 12.3 Å². The number of methoxy groups -OCH3 is 1. The van der Waals surface area contributed by atoms with Crippen LogP contribution in [-0.4, -0.2) is 25.2 Å². The minimum Gasteiger partial charge on any atom is -0.468 e. The Labute approximate surface area is 154 Å². The van der Waals surface area contributed by atoms with Gasteiger partial charge in [0.05, 0.1) is 7.11 Å². The van der Waals surface area contributed by atoms with Gasteiger partial charge in [-0.15, -0.1) is 0 Å². The molecule has 2 saturated carbocycles. The topological polar surface area (TPSA) is 52.6 Å². The van der Waals surface area contributed by atoms with Crippen molar-refractivity contribution in [3.8, 4) is 0 Å². The van der Waals surface area contributed by atoms with Crippen LogP contribution in [0, 0.1) is 17.3 Å². The lowest BCUT2D eigenvalue weighted by Gasteiger charge is -2.35. The zero-order valence-electron chi connectivity index (χ0n) is 15.3. The first-order chi connectivity index (χ1) is 12.6. The number of allylic oxidation sites excluding steroid dienone is 1. The highest BCUT2D eigenvalue weighted by molar-refractivity contribution is 6.01. The van der Waals surface area contributed by atoms with E-state index in [1.165, 1.54) is 7.11 Å². The standard InChI is InChI=1S/C22H26O4/c1-25-20(23)22(14-15-11-12-17(22)13-15)21(24)26-19-10-6-5-9-18(19)16-7-3-2-4-8-16/h2-4,7-9,15,17,19H,5-6,10-14H2,1H3/t15-,17+,19+,22+/m0/s1. The average Bonchev–Trinajstić information content (AvgIpc) is 3.30. The highest BCUT2D eigenvalue weighted by Crippen LogP contribution is 2.57. The highest BCUT2D eigenvalue weighted by Gasteiger charge is 2.62. The molecule has 0 amide bonds. The fourth-order valence-electron chi connectivity index (χ4n) is 5.23. The Morgan fingerprint density at radius 2 is 1.88 bits per heavy atom. The second-order valence-corrected chi connectivity index (χ2v) is 7.89. The van der Waals surface area contributed by atoms with Crippen molar-refractivity contribution in [1.29, 1.82) is 0 Å². The third-order valence-corrected chi connectivity index (χ3v) is 6.50. The van der Waals surface area contributed by atoms with Gasteiger partial charge in [0.2, 0.25) is 0 Å². The predicted molar refractivity (Wildman–Crippen MR) is 98.0 cm³/mol. The second-order valence-electron chi connectivity index (χ2n) is 7.89. The molecule has 26 heavy (non-hydrogen) atoms. The van der Waals surface area contributed by atoms with Crippen LogP contribution in [0.1, 0.15) is 50.5 Å². The number of benzene rings is 1. The number of carbonyl (C=O) groups is 2. The largest absolute Gasteiger partial charge is 0.468 e. The molecule has 0 aliphatic heterocycles. The van der Waals surface area contributed by atoms with Crippen LogP contribution in [-0.2, 0) is 19.1 Å². The molecule has 0 unspecified atom stereocenters. The van der Waals surface area contributed by atoms with Crippen molar-refractivity contribution < 1.29 is 19.1 Å². The molecular weight excluding hydrogens is 328 g/mol. The molecule has 0 radical (unpaired) electrons.